The molecule has 0 atom stereocenters. The number of thioether (sulfide) groups is 1. The maximum absolute atomic E-state index is 12.2. The Balaban J connectivity index is 1.38. The van der Waals surface area contributed by atoms with Gasteiger partial charge < -0.3 is 15.1 Å². The van der Waals surface area contributed by atoms with Gasteiger partial charge in [0.15, 0.2) is 4.34 Å². The number of aromatic nitrogens is 2. The molecule has 8 heteroatoms. The zero-order chi connectivity index (χ0) is 17.3. The fourth-order valence-electron chi connectivity index (χ4n) is 2.91. The molecular formula is C17H24N4O2S2. The maximum atomic E-state index is 12.2. The minimum absolute atomic E-state index is 0.0934. The molecule has 0 spiro atoms. The van der Waals surface area contributed by atoms with Crippen LogP contribution in [-0.2, 0) is 11.3 Å². The standard InChI is InChI=1S/C17H24N4O2S2/c22-15(19-13-7-4-2-1-3-5-8-13)12-24-17-21-20-16(25-17)18-11-14-9-6-10-23-14/h6,9-10,13H,1-5,7-8,11-12H2,(H,18,20)(H,19,22). The van der Waals surface area contributed by atoms with Crippen LogP contribution in [0.5, 0.6) is 0 Å². The Kier molecular flexibility index (Phi) is 7.17. The normalized spacial score (nSPS) is 16.2. The van der Waals surface area contributed by atoms with E-state index in [2.05, 4.69) is 20.8 Å². The zero-order valence-corrected chi connectivity index (χ0v) is 15.8. The van der Waals surface area contributed by atoms with E-state index >= 15 is 0 Å². The summed E-state index contributed by atoms with van der Waals surface area (Å²) in [6.07, 6.45) is 10.2. The Morgan fingerprint density at radius 1 is 1.24 bits per heavy atom. The number of carbonyl (C=O) groups is 1. The van der Waals surface area contributed by atoms with Crippen molar-refractivity contribution in [2.24, 2.45) is 0 Å². The second kappa shape index (κ2) is 9.82. The summed E-state index contributed by atoms with van der Waals surface area (Å²) in [6, 6.07) is 4.10. The number of rotatable bonds is 7. The highest BCUT2D eigenvalue weighted by atomic mass is 32.2. The van der Waals surface area contributed by atoms with Crippen molar-refractivity contribution in [3.63, 3.8) is 0 Å². The van der Waals surface area contributed by atoms with Crippen molar-refractivity contribution in [1.82, 2.24) is 15.5 Å². The van der Waals surface area contributed by atoms with Gasteiger partial charge in [0.2, 0.25) is 11.0 Å². The largest absolute Gasteiger partial charge is 0.467 e. The van der Waals surface area contributed by atoms with Crippen LogP contribution in [0.3, 0.4) is 0 Å². The highest BCUT2D eigenvalue weighted by Gasteiger charge is 2.15. The van der Waals surface area contributed by atoms with Crippen molar-refractivity contribution in [2.45, 2.75) is 61.9 Å². The topological polar surface area (TPSA) is 80.1 Å². The first kappa shape index (κ1) is 18.3. The van der Waals surface area contributed by atoms with Gasteiger partial charge in [0.1, 0.15) is 5.76 Å². The van der Waals surface area contributed by atoms with Crippen molar-refractivity contribution < 1.29 is 9.21 Å². The van der Waals surface area contributed by atoms with Gasteiger partial charge >= 0.3 is 0 Å². The van der Waals surface area contributed by atoms with Crippen LogP contribution in [0.2, 0.25) is 0 Å². The van der Waals surface area contributed by atoms with Crippen LogP contribution in [0.15, 0.2) is 27.2 Å². The molecule has 2 aromatic rings. The van der Waals surface area contributed by atoms with Gasteiger partial charge in [-0.15, -0.1) is 10.2 Å². The van der Waals surface area contributed by atoms with E-state index in [0.29, 0.717) is 18.3 Å². The molecule has 0 unspecified atom stereocenters. The lowest BCUT2D eigenvalue weighted by Crippen LogP contribution is -2.36. The van der Waals surface area contributed by atoms with Crippen molar-refractivity contribution in [3.8, 4) is 0 Å². The van der Waals surface area contributed by atoms with Crippen LogP contribution in [0.1, 0.15) is 50.7 Å². The molecule has 0 radical (unpaired) electrons. The molecule has 0 saturated heterocycles. The van der Waals surface area contributed by atoms with Crippen molar-refractivity contribution in [2.75, 3.05) is 11.1 Å². The molecule has 0 aromatic carbocycles. The Morgan fingerprint density at radius 3 is 2.80 bits per heavy atom. The average molecular weight is 381 g/mol. The summed E-state index contributed by atoms with van der Waals surface area (Å²) in [5.41, 5.74) is 0. The molecule has 2 aromatic heterocycles. The number of nitrogens with one attached hydrogen (secondary N) is 2. The van der Waals surface area contributed by atoms with E-state index in [0.717, 1.165) is 28.1 Å². The first-order valence-electron chi connectivity index (χ1n) is 8.81. The number of nitrogens with zero attached hydrogens (tertiary/aromatic N) is 2. The van der Waals surface area contributed by atoms with Crippen LogP contribution in [-0.4, -0.2) is 27.9 Å². The summed E-state index contributed by atoms with van der Waals surface area (Å²) in [5.74, 6) is 1.34. The lowest BCUT2D eigenvalue weighted by molar-refractivity contribution is -0.119. The van der Waals surface area contributed by atoms with Crippen LogP contribution in [0.25, 0.3) is 0 Å². The molecule has 2 N–H and O–H groups in total. The Hall–Kier alpha value is -1.54. The number of furan rings is 1. The van der Waals surface area contributed by atoms with Gasteiger partial charge in [-0.1, -0.05) is 55.2 Å². The van der Waals surface area contributed by atoms with Gasteiger partial charge in [-0.05, 0) is 25.0 Å². The van der Waals surface area contributed by atoms with Crippen LogP contribution >= 0.6 is 23.1 Å². The van der Waals surface area contributed by atoms with E-state index in [1.165, 1.54) is 55.2 Å². The molecule has 25 heavy (non-hydrogen) atoms. The lowest BCUT2D eigenvalue weighted by atomic mass is 9.97. The Bertz CT molecular complexity index is 637. The summed E-state index contributed by atoms with van der Waals surface area (Å²) in [4.78, 5) is 12.2. The second-order valence-electron chi connectivity index (χ2n) is 6.20. The quantitative estimate of drug-likeness (QED) is 0.705. The summed E-state index contributed by atoms with van der Waals surface area (Å²) < 4.78 is 6.07. The third kappa shape index (κ3) is 6.36. The fraction of sp³-hybridized carbons (Fsp3) is 0.588. The van der Waals surface area contributed by atoms with Gasteiger partial charge in [-0.3, -0.25) is 4.79 Å². The third-order valence-electron chi connectivity index (χ3n) is 4.20. The Morgan fingerprint density at radius 2 is 2.04 bits per heavy atom. The van der Waals surface area contributed by atoms with E-state index < -0.39 is 0 Å². The second-order valence-corrected chi connectivity index (χ2v) is 8.40. The van der Waals surface area contributed by atoms with E-state index in [1.807, 2.05) is 12.1 Å². The summed E-state index contributed by atoms with van der Waals surface area (Å²) in [7, 11) is 0. The molecule has 1 saturated carbocycles. The van der Waals surface area contributed by atoms with Gasteiger partial charge in [-0.25, -0.2) is 0 Å². The van der Waals surface area contributed by atoms with Gasteiger partial charge in [0.25, 0.3) is 0 Å². The van der Waals surface area contributed by atoms with Gasteiger partial charge in [-0.2, -0.15) is 0 Å². The average Bonchev–Trinajstić information content (AvgIpc) is 3.25. The molecular weight excluding hydrogens is 356 g/mol. The predicted molar refractivity (Wildman–Crippen MR) is 101 cm³/mol. The van der Waals surface area contributed by atoms with E-state index in [9.17, 15) is 4.79 Å². The van der Waals surface area contributed by atoms with Gasteiger partial charge in [0, 0.05) is 6.04 Å². The number of hydrogen-bond acceptors (Lipinski definition) is 7. The zero-order valence-electron chi connectivity index (χ0n) is 14.2. The summed E-state index contributed by atoms with van der Waals surface area (Å²) in [6.45, 7) is 0.578. The monoisotopic (exact) mass is 380 g/mol. The molecule has 3 rings (SSSR count). The van der Waals surface area contributed by atoms with E-state index in [4.69, 9.17) is 4.42 Å². The molecule has 2 heterocycles. The molecule has 1 aliphatic carbocycles. The van der Waals surface area contributed by atoms with Crippen molar-refractivity contribution in [1.29, 1.82) is 0 Å². The summed E-state index contributed by atoms with van der Waals surface area (Å²) >= 11 is 2.90. The number of carbonyl (C=O) groups excluding carboxylic acids is 1. The summed E-state index contributed by atoms with van der Waals surface area (Å²) in [5, 5.41) is 15.3. The first-order valence-corrected chi connectivity index (χ1v) is 10.6. The van der Waals surface area contributed by atoms with Crippen molar-refractivity contribution in [3.05, 3.63) is 24.2 Å². The van der Waals surface area contributed by atoms with Crippen molar-refractivity contribution >= 4 is 34.1 Å². The minimum atomic E-state index is 0.0934. The van der Waals surface area contributed by atoms with Crippen LogP contribution in [0, 0.1) is 0 Å². The number of amides is 1. The van der Waals surface area contributed by atoms with Gasteiger partial charge in [0.05, 0.1) is 18.6 Å². The molecule has 1 aliphatic rings. The molecule has 0 bridgehead atoms. The third-order valence-corrected chi connectivity index (χ3v) is 6.21. The predicted octanol–water partition coefficient (Wildman–Crippen LogP) is 4.06. The molecule has 1 fully saturated rings. The van der Waals surface area contributed by atoms with Crippen LogP contribution in [0.4, 0.5) is 5.13 Å². The van der Waals surface area contributed by atoms with E-state index in [1.54, 1.807) is 6.26 Å². The van der Waals surface area contributed by atoms with E-state index in [-0.39, 0.29) is 5.91 Å². The molecule has 6 nitrogen and oxygen atoms in total. The Labute approximate surface area is 156 Å². The fourth-order valence-corrected chi connectivity index (χ4v) is 4.47. The maximum Gasteiger partial charge on any atom is 0.230 e. The highest BCUT2D eigenvalue weighted by Crippen LogP contribution is 2.26. The number of hydrogen-bond donors (Lipinski definition) is 2. The smallest absolute Gasteiger partial charge is 0.230 e. The minimum Gasteiger partial charge on any atom is -0.467 e. The molecule has 1 amide bonds. The number of anilines is 1. The highest BCUT2D eigenvalue weighted by molar-refractivity contribution is 8.01. The molecule has 136 valence electrons. The first-order chi connectivity index (χ1) is 12.3. The van der Waals surface area contributed by atoms with Crippen LogP contribution < -0.4 is 10.6 Å². The molecule has 0 aliphatic heterocycles. The SMILES string of the molecule is O=C(CSc1nnc(NCc2ccco2)s1)NC1CCCCCCC1. The lowest BCUT2D eigenvalue weighted by Gasteiger charge is -2.20.